The van der Waals surface area contributed by atoms with Crippen LogP contribution < -0.4 is 10.6 Å². The minimum atomic E-state index is 0.638. The molecule has 0 aliphatic rings. The van der Waals surface area contributed by atoms with Crippen LogP contribution in [0.15, 0.2) is 18.5 Å². The van der Waals surface area contributed by atoms with E-state index in [9.17, 15) is 0 Å². The van der Waals surface area contributed by atoms with Crippen molar-refractivity contribution < 1.29 is 0 Å². The summed E-state index contributed by atoms with van der Waals surface area (Å²) in [6, 6.07) is 1.92. The van der Waals surface area contributed by atoms with Crippen LogP contribution >= 0.6 is 11.6 Å². The van der Waals surface area contributed by atoms with Crippen molar-refractivity contribution in [3.63, 3.8) is 0 Å². The molecule has 0 radical (unpaired) electrons. The minimum absolute atomic E-state index is 0.638. The highest BCUT2D eigenvalue weighted by Crippen LogP contribution is 2.23. The van der Waals surface area contributed by atoms with Crippen LogP contribution in [-0.4, -0.2) is 24.6 Å². The fourth-order valence-electron chi connectivity index (χ4n) is 1.40. The Bertz CT molecular complexity index is 272. The molecule has 14 heavy (non-hydrogen) atoms. The van der Waals surface area contributed by atoms with Gasteiger partial charge in [0, 0.05) is 32.0 Å². The van der Waals surface area contributed by atoms with E-state index in [1.165, 1.54) is 0 Å². The Morgan fingerprint density at radius 1 is 1.50 bits per heavy atom. The molecule has 2 N–H and O–H groups in total. The quantitative estimate of drug-likeness (QED) is 0.813. The molecule has 1 rings (SSSR count). The second-order valence-corrected chi connectivity index (χ2v) is 3.51. The third kappa shape index (κ3) is 2.86. The first kappa shape index (κ1) is 11.3. The van der Waals surface area contributed by atoms with E-state index >= 15 is 0 Å². The van der Waals surface area contributed by atoms with E-state index in [0.717, 1.165) is 25.2 Å². The molecule has 3 nitrogen and oxygen atoms in total. The molecular weight excluding hydrogens is 198 g/mol. The van der Waals surface area contributed by atoms with Crippen molar-refractivity contribution in [3.8, 4) is 0 Å². The summed E-state index contributed by atoms with van der Waals surface area (Å²) < 4.78 is 0. The number of halogens is 1. The van der Waals surface area contributed by atoms with Crippen LogP contribution in [0.2, 0.25) is 5.02 Å². The van der Waals surface area contributed by atoms with Crippen LogP contribution in [0.5, 0.6) is 0 Å². The molecule has 78 valence electrons. The number of hydrogen-bond acceptors (Lipinski definition) is 3. The maximum absolute atomic E-state index is 6.05. The number of pyridine rings is 1. The average Bonchev–Trinajstić information content (AvgIpc) is 2.18. The highest BCUT2D eigenvalue weighted by Gasteiger charge is 2.07. The van der Waals surface area contributed by atoms with Gasteiger partial charge in [-0.15, -0.1) is 0 Å². The number of rotatable bonds is 5. The Hall–Kier alpha value is -0.800. The van der Waals surface area contributed by atoms with Gasteiger partial charge in [0.15, 0.2) is 0 Å². The molecule has 0 fully saturated rings. The fraction of sp³-hybridized carbons (Fsp3) is 0.500. The lowest BCUT2D eigenvalue weighted by Gasteiger charge is -2.24. The van der Waals surface area contributed by atoms with E-state index < -0.39 is 0 Å². The van der Waals surface area contributed by atoms with Gasteiger partial charge >= 0.3 is 0 Å². The molecule has 0 unspecified atom stereocenters. The van der Waals surface area contributed by atoms with Crippen molar-refractivity contribution in [2.24, 2.45) is 5.73 Å². The predicted octanol–water partition coefficient (Wildman–Crippen LogP) is 1.91. The van der Waals surface area contributed by atoms with Crippen molar-refractivity contribution in [2.75, 3.05) is 24.5 Å². The Balaban J connectivity index is 2.81. The highest BCUT2D eigenvalue weighted by molar-refractivity contribution is 6.33. The van der Waals surface area contributed by atoms with Crippen molar-refractivity contribution in [1.29, 1.82) is 0 Å². The van der Waals surface area contributed by atoms with Gasteiger partial charge in [-0.05, 0) is 12.5 Å². The summed E-state index contributed by atoms with van der Waals surface area (Å²) in [6.07, 6.45) is 4.50. The van der Waals surface area contributed by atoms with Crippen molar-refractivity contribution in [1.82, 2.24) is 4.98 Å². The smallest absolute Gasteiger partial charge is 0.0822 e. The van der Waals surface area contributed by atoms with Gasteiger partial charge in [-0.3, -0.25) is 4.98 Å². The Labute approximate surface area is 89.9 Å². The van der Waals surface area contributed by atoms with E-state index in [-0.39, 0.29) is 0 Å². The van der Waals surface area contributed by atoms with Gasteiger partial charge in [-0.25, -0.2) is 0 Å². The lowest BCUT2D eigenvalue weighted by atomic mass is 10.3. The molecule has 0 amide bonds. The second-order valence-electron chi connectivity index (χ2n) is 3.10. The SMILES string of the molecule is CCCN(CCN)c1ccncc1Cl. The Morgan fingerprint density at radius 2 is 2.29 bits per heavy atom. The number of hydrogen-bond donors (Lipinski definition) is 1. The highest BCUT2D eigenvalue weighted by atomic mass is 35.5. The lowest BCUT2D eigenvalue weighted by Crippen LogP contribution is -2.30. The van der Waals surface area contributed by atoms with Crippen molar-refractivity contribution in [2.45, 2.75) is 13.3 Å². The van der Waals surface area contributed by atoms with E-state index in [2.05, 4.69) is 16.8 Å². The Kier molecular flexibility index (Phi) is 4.70. The van der Waals surface area contributed by atoms with E-state index in [1.54, 1.807) is 12.4 Å². The first-order chi connectivity index (χ1) is 6.79. The topological polar surface area (TPSA) is 42.1 Å². The maximum Gasteiger partial charge on any atom is 0.0822 e. The first-order valence-corrected chi connectivity index (χ1v) is 5.22. The van der Waals surface area contributed by atoms with E-state index in [1.807, 2.05) is 6.07 Å². The summed E-state index contributed by atoms with van der Waals surface area (Å²) in [5.74, 6) is 0. The number of anilines is 1. The zero-order chi connectivity index (χ0) is 10.4. The van der Waals surface area contributed by atoms with Gasteiger partial charge in [-0.2, -0.15) is 0 Å². The zero-order valence-corrected chi connectivity index (χ0v) is 9.17. The van der Waals surface area contributed by atoms with Crippen LogP contribution in [0.1, 0.15) is 13.3 Å². The summed E-state index contributed by atoms with van der Waals surface area (Å²) in [7, 11) is 0. The summed E-state index contributed by atoms with van der Waals surface area (Å²) in [4.78, 5) is 6.14. The van der Waals surface area contributed by atoms with Crippen LogP contribution in [-0.2, 0) is 0 Å². The monoisotopic (exact) mass is 213 g/mol. The lowest BCUT2D eigenvalue weighted by molar-refractivity contribution is 0.762. The molecule has 1 heterocycles. The van der Waals surface area contributed by atoms with Gasteiger partial charge < -0.3 is 10.6 Å². The van der Waals surface area contributed by atoms with Crippen LogP contribution in [0.4, 0.5) is 5.69 Å². The molecule has 0 aromatic carbocycles. The number of nitrogens with two attached hydrogens (primary N) is 1. The fourth-order valence-corrected chi connectivity index (χ4v) is 1.64. The van der Waals surface area contributed by atoms with E-state index in [0.29, 0.717) is 11.6 Å². The molecule has 4 heteroatoms. The molecular formula is C10H16ClN3. The first-order valence-electron chi connectivity index (χ1n) is 4.84. The summed E-state index contributed by atoms with van der Waals surface area (Å²) in [6.45, 7) is 4.58. The Morgan fingerprint density at radius 3 is 2.86 bits per heavy atom. The predicted molar refractivity (Wildman–Crippen MR) is 60.8 cm³/mol. The largest absolute Gasteiger partial charge is 0.369 e. The molecule has 0 aliphatic carbocycles. The van der Waals surface area contributed by atoms with Crippen molar-refractivity contribution >= 4 is 17.3 Å². The van der Waals surface area contributed by atoms with Crippen LogP contribution in [0, 0.1) is 0 Å². The van der Waals surface area contributed by atoms with Gasteiger partial charge in [0.25, 0.3) is 0 Å². The van der Waals surface area contributed by atoms with Crippen LogP contribution in [0.3, 0.4) is 0 Å². The normalized spacial score (nSPS) is 10.2. The van der Waals surface area contributed by atoms with Gasteiger partial charge in [0.2, 0.25) is 0 Å². The zero-order valence-electron chi connectivity index (χ0n) is 8.41. The van der Waals surface area contributed by atoms with E-state index in [4.69, 9.17) is 17.3 Å². The maximum atomic E-state index is 6.05. The standard InChI is InChI=1S/C10H16ClN3/c1-2-6-14(7-4-12)10-3-5-13-8-9(10)11/h3,5,8H,2,4,6-7,12H2,1H3. The minimum Gasteiger partial charge on any atom is -0.369 e. The average molecular weight is 214 g/mol. The number of aromatic nitrogens is 1. The molecule has 0 aliphatic heterocycles. The molecule has 1 aromatic heterocycles. The van der Waals surface area contributed by atoms with Gasteiger partial charge in [-0.1, -0.05) is 18.5 Å². The molecule has 0 spiro atoms. The summed E-state index contributed by atoms with van der Waals surface area (Å²) in [5.41, 5.74) is 6.57. The van der Waals surface area contributed by atoms with Crippen molar-refractivity contribution in [3.05, 3.63) is 23.5 Å². The molecule has 1 aromatic rings. The molecule has 0 atom stereocenters. The van der Waals surface area contributed by atoms with Crippen LogP contribution in [0.25, 0.3) is 0 Å². The summed E-state index contributed by atoms with van der Waals surface area (Å²) in [5, 5.41) is 0.689. The number of nitrogens with zero attached hydrogens (tertiary/aromatic N) is 2. The second kappa shape index (κ2) is 5.83. The third-order valence-electron chi connectivity index (χ3n) is 1.98. The molecule has 0 saturated heterocycles. The van der Waals surface area contributed by atoms with Gasteiger partial charge in [0.1, 0.15) is 0 Å². The summed E-state index contributed by atoms with van der Waals surface area (Å²) >= 11 is 6.05. The molecule has 0 bridgehead atoms. The molecule has 0 saturated carbocycles. The third-order valence-corrected chi connectivity index (χ3v) is 2.28. The van der Waals surface area contributed by atoms with Gasteiger partial charge in [0.05, 0.1) is 10.7 Å².